The Balaban J connectivity index is 3.03. The summed E-state index contributed by atoms with van der Waals surface area (Å²) in [5.74, 6) is 0. The van der Waals surface area contributed by atoms with Crippen molar-refractivity contribution >= 4 is 9.84 Å². The minimum Gasteiger partial charge on any atom is -0.396 e. The van der Waals surface area contributed by atoms with Gasteiger partial charge in [0, 0.05) is 6.61 Å². The average molecular weight is 240 g/mol. The third-order valence-electron chi connectivity index (χ3n) is 2.39. The first kappa shape index (κ1) is 12.9. The molecule has 1 rings (SSSR count). The SMILES string of the molecule is C=CCC(CCO)S(=O)(=O)c1ccccc1. The van der Waals surface area contributed by atoms with Gasteiger partial charge in [-0.1, -0.05) is 24.3 Å². The maximum Gasteiger partial charge on any atom is 0.181 e. The molecule has 0 spiro atoms. The van der Waals surface area contributed by atoms with Crippen molar-refractivity contribution in [3.8, 4) is 0 Å². The van der Waals surface area contributed by atoms with Gasteiger partial charge in [-0.2, -0.15) is 0 Å². The molecule has 0 saturated carbocycles. The number of allylic oxidation sites excluding steroid dienone is 1. The lowest BCUT2D eigenvalue weighted by atomic mass is 10.2. The minimum atomic E-state index is -3.36. The summed E-state index contributed by atoms with van der Waals surface area (Å²) in [5, 5.41) is 8.29. The van der Waals surface area contributed by atoms with E-state index in [0.717, 1.165) is 0 Å². The van der Waals surface area contributed by atoms with Gasteiger partial charge >= 0.3 is 0 Å². The second kappa shape index (κ2) is 5.82. The molecule has 0 aromatic heterocycles. The summed E-state index contributed by atoms with van der Waals surface area (Å²) in [6.07, 6.45) is 2.17. The molecule has 1 aromatic rings. The maximum atomic E-state index is 12.2. The van der Waals surface area contributed by atoms with Gasteiger partial charge in [-0.05, 0) is 25.0 Å². The minimum absolute atomic E-state index is 0.134. The summed E-state index contributed by atoms with van der Waals surface area (Å²) in [6, 6.07) is 8.30. The van der Waals surface area contributed by atoms with Crippen LogP contribution in [0, 0.1) is 0 Å². The van der Waals surface area contributed by atoms with Crippen LogP contribution in [-0.4, -0.2) is 25.4 Å². The number of rotatable bonds is 6. The summed E-state index contributed by atoms with van der Waals surface area (Å²) in [6.45, 7) is 3.41. The van der Waals surface area contributed by atoms with Crippen molar-refractivity contribution in [2.45, 2.75) is 23.0 Å². The molecule has 0 bridgehead atoms. The fourth-order valence-corrected chi connectivity index (χ4v) is 3.26. The van der Waals surface area contributed by atoms with Crippen molar-refractivity contribution in [1.82, 2.24) is 0 Å². The van der Waals surface area contributed by atoms with Crippen molar-refractivity contribution in [2.75, 3.05) is 6.61 Å². The van der Waals surface area contributed by atoms with E-state index >= 15 is 0 Å². The van der Waals surface area contributed by atoms with Crippen molar-refractivity contribution in [3.63, 3.8) is 0 Å². The Labute approximate surface area is 96.4 Å². The van der Waals surface area contributed by atoms with Gasteiger partial charge in [0.2, 0.25) is 0 Å². The lowest BCUT2D eigenvalue weighted by Gasteiger charge is -2.14. The highest BCUT2D eigenvalue weighted by molar-refractivity contribution is 7.92. The molecule has 0 radical (unpaired) electrons. The molecular weight excluding hydrogens is 224 g/mol. The van der Waals surface area contributed by atoms with Crippen LogP contribution >= 0.6 is 0 Å². The maximum absolute atomic E-state index is 12.2. The highest BCUT2D eigenvalue weighted by atomic mass is 32.2. The van der Waals surface area contributed by atoms with Gasteiger partial charge in [-0.15, -0.1) is 6.58 Å². The molecule has 4 heteroatoms. The lowest BCUT2D eigenvalue weighted by molar-refractivity contribution is 0.285. The third kappa shape index (κ3) is 2.93. The van der Waals surface area contributed by atoms with Crippen LogP contribution in [0.15, 0.2) is 47.9 Å². The van der Waals surface area contributed by atoms with Gasteiger partial charge in [0.25, 0.3) is 0 Å². The normalized spacial score (nSPS) is 13.3. The number of aliphatic hydroxyl groups is 1. The van der Waals surface area contributed by atoms with Gasteiger partial charge in [0.05, 0.1) is 10.1 Å². The molecule has 1 N–H and O–H groups in total. The molecule has 3 nitrogen and oxygen atoms in total. The zero-order valence-electron chi connectivity index (χ0n) is 9.04. The van der Waals surface area contributed by atoms with Crippen LogP contribution in [0.4, 0.5) is 0 Å². The number of hydrogen-bond acceptors (Lipinski definition) is 3. The van der Waals surface area contributed by atoms with Crippen LogP contribution in [0.2, 0.25) is 0 Å². The quantitative estimate of drug-likeness (QED) is 0.771. The van der Waals surface area contributed by atoms with E-state index in [2.05, 4.69) is 6.58 Å². The van der Waals surface area contributed by atoms with Crippen molar-refractivity contribution < 1.29 is 13.5 Å². The van der Waals surface area contributed by atoms with Crippen molar-refractivity contribution in [2.24, 2.45) is 0 Å². The molecule has 0 heterocycles. The Kier molecular flexibility index (Phi) is 4.71. The highest BCUT2D eigenvalue weighted by Crippen LogP contribution is 2.20. The summed E-state index contributed by atoms with van der Waals surface area (Å²) in [5.41, 5.74) is 0. The second-order valence-corrected chi connectivity index (χ2v) is 5.74. The van der Waals surface area contributed by atoms with Crippen LogP contribution < -0.4 is 0 Å². The summed E-state index contributed by atoms with van der Waals surface area (Å²) < 4.78 is 24.3. The van der Waals surface area contributed by atoms with Crippen LogP contribution in [0.5, 0.6) is 0 Å². The molecule has 1 aromatic carbocycles. The largest absolute Gasteiger partial charge is 0.396 e. The average Bonchev–Trinajstić information content (AvgIpc) is 2.30. The molecule has 16 heavy (non-hydrogen) atoms. The molecule has 0 aliphatic carbocycles. The first-order valence-electron chi connectivity index (χ1n) is 5.13. The Bertz CT molecular complexity index is 423. The number of sulfone groups is 1. The van der Waals surface area contributed by atoms with Crippen molar-refractivity contribution in [1.29, 1.82) is 0 Å². The third-order valence-corrected chi connectivity index (χ3v) is 4.63. The summed E-state index contributed by atoms with van der Waals surface area (Å²) in [7, 11) is -3.36. The molecule has 1 unspecified atom stereocenters. The zero-order chi connectivity index (χ0) is 12.0. The topological polar surface area (TPSA) is 54.4 Å². The summed E-state index contributed by atoms with van der Waals surface area (Å²) >= 11 is 0. The predicted octanol–water partition coefficient (Wildman–Crippen LogP) is 1.79. The molecular formula is C12H16O3S. The summed E-state index contributed by atoms with van der Waals surface area (Å²) in [4.78, 5) is 0.301. The van der Waals surface area contributed by atoms with E-state index in [4.69, 9.17) is 5.11 Å². The van der Waals surface area contributed by atoms with Gasteiger partial charge in [0.15, 0.2) is 9.84 Å². The Morgan fingerprint density at radius 2 is 1.94 bits per heavy atom. The van der Waals surface area contributed by atoms with Crippen molar-refractivity contribution in [3.05, 3.63) is 43.0 Å². The van der Waals surface area contributed by atoms with Crippen LogP contribution in [0.3, 0.4) is 0 Å². The fraction of sp³-hybridized carbons (Fsp3) is 0.333. The number of benzene rings is 1. The molecule has 0 amide bonds. The molecule has 88 valence electrons. The first-order valence-corrected chi connectivity index (χ1v) is 6.68. The lowest BCUT2D eigenvalue weighted by Crippen LogP contribution is -2.22. The van der Waals surface area contributed by atoms with E-state index in [9.17, 15) is 8.42 Å². The molecule has 0 aliphatic rings. The van der Waals surface area contributed by atoms with Gasteiger partial charge < -0.3 is 5.11 Å². The molecule has 0 saturated heterocycles. The number of hydrogen-bond donors (Lipinski definition) is 1. The predicted molar refractivity (Wildman–Crippen MR) is 63.9 cm³/mol. The first-order chi connectivity index (χ1) is 7.62. The second-order valence-electron chi connectivity index (χ2n) is 3.52. The molecule has 1 atom stereocenters. The van der Waals surface area contributed by atoms with E-state index in [1.807, 2.05) is 0 Å². The van der Waals surface area contributed by atoms with Gasteiger partial charge in [-0.25, -0.2) is 8.42 Å². The molecule has 0 aliphatic heterocycles. The van der Waals surface area contributed by atoms with E-state index < -0.39 is 15.1 Å². The smallest absolute Gasteiger partial charge is 0.181 e. The van der Waals surface area contributed by atoms with E-state index in [0.29, 0.717) is 11.3 Å². The monoisotopic (exact) mass is 240 g/mol. The highest BCUT2D eigenvalue weighted by Gasteiger charge is 2.25. The Morgan fingerprint density at radius 1 is 1.31 bits per heavy atom. The number of aliphatic hydroxyl groups excluding tert-OH is 1. The Morgan fingerprint density at radius 3 is 2.44 bits per heavy atom. The van der Waals surface area contributed by atoms with Crippen LogP contribution in [0.25, 0.3) is 0 Å². The van der Waals surface area contributed by atoms with E-state index in [1.54, 1.807) is 36.4 Å². The van der Waals surface area contributed by atoms with Gasteiger partial charge in [-0.3, -0.25) is 0 Å². The zero-order valence-corrected chi connectivity index (χ0v) is 9.86. The van der Waals surface area contributed by atoms with E-state index in [-0.39, 0.29) is 13.0 Å². The standard InChI is InChI=1S/C12H16O3S/c1-2-6-11(9-10-13)16(14,15)12-7-4-3-5-8-12/h2-5,7-8,11,13H,1,6,9-10H2. The Hall–Kier alpha value is -1.13. The van der Waals surface area contributed by atoms with Crippen LogP contribution in [-0.2, 0) is 9.84 Å². The van der Waals surface area contributed by atoms with E-state index in [1.165, 1.54) is 0 Å². The molecule has 0 fully saturated rings. The fourth-order valence-electron chi connectivity index (χ4n) is 1.53. The van der Waals surface area contributed by atoms with Gasteiger partial charge in [0.1, 0.15) is 0 Å². The van der Waals surface area contributed by atoms with Crippen LogP contribution in [0.1, 0.15) is 12.8 Å².